The number of hydrogen-bond acceptors (Lipinski definition) is 2. The van der Waals surface area contributed by atoms with Crippen molar-refractivity contribution in [3.05, 3.63) is 29.8 Å². The van der Waals surface area contributed by atoms with Gasteiger partial charge in [-0.05, 0) is 30.5 Å². The number of hydrogen-bond donors (Lipinski definition) is 2. The van der Waals surface area contributed by atoms with Crippen molar-refractivity contribution in [2.45, 2.75) is 44.7 Å². The van der Waals surface area contributed by atoms with Crippen molar-refractivity contribution >= 4 is 35.6 Å². The van der Waals surface area contributed by atoms with Gasteiger partial charge in [-0.3, -0.25) is 4.99 Å². The van der Waals surface area contributed by atoms with Gasteiger partial charge in [0.1, 0.15) is 0 Å². The fourth-order valence-corrected chi connectivity index (χ4v) is 2.77. The first kappa shape index (κ1) is 19.1. The number of rotatable bonds is 4. The van der Waals surface area contributed by atoms with E-state index in [1.54, 1.807) is 0 Å². The van der Waals surface area contributed by atoms with Crippen LogP contribution in [0.2, 0.25) is 0 Å². The maximum absolute atomic E-state index is 4.34. The fourth-order valence-electron chi connectivity index (χ4n) is 2.77. The zero-order chi connectivity index (χ0) is 15.1. The van der Waals surface area contributed by atoms with E-state index in [0.29, 0.717) is 6.04 Å². The van der Waals surface area contributed by atoms with E-state index in [-0.39, 0.29) is 24.0 Å². The Balaban J connectivity index is 0.00000242. The highest BCUT2D eigenvalue weighted by molar-refractivity contribution is 14.0. The van der Waals surface area contributed by atoms with Crippen LogP contribution in [0.3, 0.4) is 0 Å². The van der Waals surface area contributed by atoms with Crippen LogP contribution < -0.4 is 15.5 Å². The Morgan fingerprint density at radius 1 is 1.23 bits per heavy atom. The molecule has 2 rings (SSSR count). The van der Waals surface area contributed by atoms with Gasteiger partial charge in [-0.1, -0.05) is 31.4 Å². The molecule has 0 spiro atoms. The van der Waals surface area contributed by atoms with E-state index < -0.39 is 0 Å². The Bertz CT molecular complexity index is 467. The second kappa shape index (κ2) is 9.92. The van der Waals surface area contributed by atoms with Crippen molar-refractivity contribution in [1.29, 1.82) is 0 Å². The number of nitrogens with one attached hydrogen (secondary N) is 2. The molecule has 1 saturated carbocycles. The number of aliphatic imine (C=N–C) groups is 1. The number of guanidine groups is 1. The minimum Gasteiger partial charge on any atom is -0.378 e. The Morgan fingerprint density at radius 3 is 2.59 bits per heavy atom. The minimum atomic E-state index is 0. The lowest BCUT2D eigenvalue weighted by molar-refractivity contribution is 0.410. The third-order valence-corrected chi connectivity index (χ3v) is 4.06. The molecule has 124 valence electrons. The van der Waals surface area contributed by atoms with Crippen molar-refractivity contribution in [3.8, 4) is 0 Å². The van der Waals surface area contributed by atoms with Gasteiger partial charge in [0.05, 0.1) is 0 Å². The molecule has 0 aliphatic heterocycles. The summed E-state index contributed by atoms with van der Waals surface area (Å²) in [4.78, 5) is 6.46. The zero-order valence-electron chi connectivity index (χ0n) is 13.9. The summed E-state index contributed by atoms with van der Waals surface area (Å²) in [6.45, 7) is 0.800. The topological polar surface area (TPSA) is 39.7 Å². The first-order chi connectivity index (χ1) is 10.2. The van der Waals surface area contributed by atoms with Gasteiger partial charge >= 0.3 is 0 Å². The fraction of sp³-hybridized carbons (Fsp3) is 0.588. The first-order valence-electron chi connectivity index (χ1n) is 7.92. The van der Waals surface area contributed by atoms with Gasteiger partial charge in [0.2, 0.25) is 0 Å². The number of benzene rings is 1. The van der Waals surface area contributed by atoms with Crippen LogP contribution in [0, 0.1) is 0 Å². The molecule has 2 N–H and O–H groups in total. The predicted octanol–water partition coefficient (Wildman–Crippen LogP) is 3.37. The van der Waals surface area contributed by atoms with Crippen molar-refractivity contribution in [2.24, 2.45) is 4.99 Å². The van der Waals surface area contributed by atoms with Gasteiger partial charge in [-0.15, -0.1) is 24.0 Å². The summed E-state index contributed by atoms with van der Waals surface area (Å²) < 4.78 is 0. The molecule has 0 unspecified atom stereocenters. The summed E-state index contributed by atoms with van der Waals surface area (Å²) in [7, 11) is 5.97. The molecular weight excluding hydrogens is 387 g/mol. The molecule has 0 amide bonds. The van der Waals surface area contributed by atoms with Gasteiger partial charge in [-0.25, -0.2) is 0 Å². The smallest absolute Gasteiger partial charge is 0.191 e. The Hall–Kier alpha value is -0.980. The molecule has 0 saturated heterocycles. The van der Waals surface area contributed by atoms with Crippen molar-refractivity contribution < 1.29 is 0 Å². The van der Waals surface area contributed by atoms with Gasteiger partial charge in [0, 0.05) is 39.4 Å². The summed E-state index contributed by atoms with van der Waals surface area (Å²) in [5.41, 5.74) is 2.50. The minimum absolute atomic E-state index is 0. The van der Waals surface area contributed by atoms with E-state index in [4.69, 9.17) is 0 Å². The van der Waals surface area contributed by atoms with Crippen LogP contribution in [-0.2, 0) is 6.54 Å². The molecule has 1 aliphatic rings. The average molecular weight is 416 g/mol. The highest BCUT2D eigenvalue weighted by atomic mass is 127. The average Bonchev–Trinajstić information content (AvgIpc) is 2.52. The summed E-state index contributed by atoms with van der Waals surface area (Å²) in [5, 5.41) is 6.96. The van der Waals surface area contributed by atoms with Crippen molar-refractivity contribution in [2.75, 3.05) is 26.0 Å². The molecular formula is C17H29IN4. The number of halogens is 1. The van der Waals surface area contributed by atoms with Gasteiger partial charge in [0.15, 0.2) is 5.96 Å². The first-order valence-corrected chi connectivity index (χ1v) is 7.92. The van der Waals surface area contributed by atoms with E-state index in [0.717, 1.165) is 12.5 Å². The highest BCUT2D eigenvalue weighted by Gasteiger charge is 2.14. The van der Waals surface area contributed by atoms with Gasteiger partial charge < -0.3 is 15.5 Å². The summed E-state index contributed by atoms with van der Waals surface area (Å²) >= 11 is 0. The third-order valence-electron chi connectivity index (χ3n) is 4.06. The second-order valence-electron chi connectivity index (χ2n) is 5.97. The quantitative estimate of drug-likeness (QED) is 0.449. The van der Waals surface area contributed by atoms with Crippen LogP contribution in [0.1, 0.15) is 37.7 Å². The van der Waals surface area contributed by atoms with Crippen LogP contribution in [0.4, 0.5) is 5.69 Å². The lowest BCUT2D eigenvalue weighted by atomic mass is 9.96. The van der Waals surface area contributed by atoms with E-state index in [1.165, 1.54) is 43.4 Å². The summed E-state index contributed by atoms with van der Waals surface area (Å²) in [5.74, 6) is 0.914. The largest absolute Gasteiger partial charge is 0.378 e. The molecule has 1 aromatic rings. The maximum Gasteiger partial charge on any atom is 0.191 e. The Kier molecular flexibility index (Phi) is 8.60. The molecule has 4 nitrogen and oxygen atoms in total. The van der Waals surface area contributed by atoms with E-state index in [9.17, 15) is 0 Å². The number of nitrogens with zero attached hydrogens (tertiary/aromatic N) is 2. The van der Waals surface area contributed by atoms with Crippen LogP contribution in [0.25, 0.3) is 0 Å². The van der Waals surface area contributed by atoms with Crippen LogP contribution >= 0.6 is 24.0 Å². The standard InChI is InChI=1S/C17H28N4.HI/c1-18-17(20-15-9-5-4-6-10-15)19-13-14-8-7-11-16(12-14)21(2)3;/h7-8,11-12,15H,4-6,9-10,13H2,1-3H3,(H2,18,19,20);1H. The molecule has 0 atom stereocenters. The maximum atomic E-state index is 4.34. The molecule has 0 bridgehead atoms. The molecule has 0 aromatic heterocycles. The van der Waals surface area contributed by atoms with Crippen molar-refractivity contribution in [3.63, 3.8) is 0 Å². The molecule has 1 aromatic carbocycles. The molecule has 1 aliphatic carbocycles. The second-order valence-corrected chi connectivity index (χ2v) is 5.97. The van der Waals surface area contributed by atoms with Crippen LogP contribution in [-0.4, -0.2) is 33.1 Å². The molecule has 22 heavy (non-hydrogen) atoms. The molecule has 0 radical (unpaired) electrons. The highest BCUT2D eigenvalue weighted by Crippen LogP contribution is 2.17. The normalized spacial score (nSPS) is 15.9. The van der Waals surface area contributed by atoms with E-state index in [1.807, 2.05) is 7.05 Å². The summed E-state index contributed by atoms with van der Waals surface area (Å²) in [6, 6.07) is 9.16. The molecule has 1 fully saturated rings. The SMILES string of the molecule is CN=C(NCc1cccc(N(C)C)c1)NC1CCCCC1.I. The Labute approximate surface area is 151 Å². The third kappa shape index (κ3) is 6.02. The predicted molar refractivity (Wildman–Crippen MR) is 106 cm³/mol. The van der Waals surface area contributed by atoms with Gasteiger partial charge in [-0.2, -0.15) is 0 Å². The van der Waals surface area contributed by atoms with Crippen molar-refractivity contribution in [1.82, 2.24) is 10.6 Å². The van der Waals surface area contributed by atoms with Crippen LogP contribution in [0.15, 0.2) is 29.3 Å². The Morgan fingerprint density at radius 2 is 1.95 bits per heavy atom. The van der Waals surface area contributed by atoms with E-state index >= 15 is 0 Å². The molecule has 5 heteroatoms. The lowest BCUT2D eigenvalue weighted by Gasteiger charge is -2.25. The summed E-state index contributed by atoms with van der Waals surface area (Å²) in [6.07, 6.45) is 6.56. The monoisotopic (exact) mass is 416 g/mol. The molecule has 0 heterocycles. The van der Waals surface area contributed by atoms with Gasteiger partial charge in [0.25, 0.3) is 0 Å². The van der Waals surface area contributed by atoms with Crippen LogP contribution in [0.5, 0.6) is 0 Å². The number of anilines is 1. The zero-order valence-corrected chi connectivity index (χ0v) is 16.3. The van der Waals surface area contributed by atoms with E-state index in [2.05, 4.69) is 58.9 Å². The lowest BCUT2D eigenvalue weighted by Crippen LogP contribution is -2.43.